The van der Waals surface area contributed by atoms with Crippen molar-refractivity contribution in [2.45, 2.75) is 20.1 Å². The second-order valence-electron chi connectivity index (χ2n) is 4.38. The molecule has 0 saturated carbocycles. The van der Waals surface area contributed by atoms with Crippen LogP contribution < -0.4 is 14.2 Å². The van der Waals surface area contributed by atoms with E-state index in [1.54, 1.807) is 6.07 Å². The summed E-state index contributed by atoms with van der Waals surface area (Å²) in [6, 6.07) is 5.44. The average Bonchev–Trinajstić information content (AvgIpc) is 2.94. The molecule has 0 amide bonds. The van der Waals surface area contributed by atoms with Crippen molar-refractivity contribution in [3.05, 3.63) is 18.2 Å². The van der Waals surface area contributed by atoms with Crippen molar-refractivity contribution in [1.82, 2.24) is 0 Å². The van der Waals surface area contributed by atoms with E-state index in [1.807, 2.05) is 26.0 Å². The highest BCUT2D eigenvalue weighted by Gasteiger charge is 2.14. The number of hydrogen-bond acceptors (Lipinski definition) is 6. The molecule has 0 bridgehead atoms. The van der Waals surface area contributed by atoms with Crippen LogP contribution >= 0.6 is 0 Å². The van der Waals surface area contributed by atoms with Crippen LogP contribution in [0.1, 0.15) is 13.8 Å². The molecule has 1 aliphatic heterocycles. The fourth-order valence-electron chi connectivity index (χ4n) is 1.81. The van der Waals surface area contributed by atoms with Crippen LogP contribution in [-0.2, 0) is 14.2 Å². The molecule has 118 valence electrons. The Hall–Kier alpha value is -1.50. The molecule has 6 heteroatoms. The predicted molar refractivity (Wildman–Crippen MR) is 75.9 cm³/mol. The number of ether oxygens (including phenoxy) is 6. The molecule has 1 heterocycles. The molecule has 0 spiro atoms. The van der Waals surface area contributed by atoms with Gasteiger partial charge in [0.25, 0.3) is 0 Å². The first kappa shape index (κ1) is 15.9. The summed E-state index contributed by atoms with van der Waals surface area (Å²) in [7, 11) is 0. The highest BCUT2D eigenvalue weighted by Crippen LogP contribution is 2.35. The summed E-state index contributed by atoms with van der Waals surface area (Å²) in [5.41, 5.74) is 0. The van der Waals surface area contributed by atoms with Gasteiger partial charge in [-0.1, -0.05) is 0 Å². The zero-order valence-electron chi connectivity index (χ0n) is 12.5. The second-order valence-corrected chi connectivity index (χ2v) is 4.38. The molecule has 1 aromatic rings. The number of benzene rings is 1. The lowest BCUT2D eigenvalue weighted by atomic mass is 10.3. The molecular formula is C15H22O6. The van der Waals surface area contributed by atoms with Gasteiger partial charge in [0.05, 0.1) is 26.4 Å². The van der Waals surface area contributed by atoms with Crippen molar-refractivity contribution < 1.29 is 28.4 Å². The van der Waals surface area contributed by atoms with Gasteiger partial charge in [0.1, 0.15) is 5.75 Å². The first-order valence-electron chi connectivity index (χ1n) is 7.13. The molecule has 1 aromatic carbocycles. The Bertz CT molecular complexity index is 423. The Morgan fingerprint density at radius 1 is 1.05 bits per heavy atom. The van der Waals surface area contributed by atoms with Gasteiger partial charge in [-0.2, -0.15) is 0 Å². The van der Waals surface area contributed by atoms with Crippen molar-refractivity contribution in [2.24, 2.45) is 0 Å². The summed E-state index contributed by atoms with van der Waals surface area (Å²) < 4.78 is 32.2. The van der Waals surface area contributed by atoms with Gasteiger partial charge in [-0.05, 0) is 26.0 Å². The lowest BCUT2D eigenvalue weighted by Gasteiger charge is -2.15. The normalized spacial score (nSPS) is 14.2. The molecule has 0 N–H and O–H groups in total. The monoisotopic (exact) mass is 298 g/mol. The zero-order chi connectivity index (χ0) is 14.9. The van der Waals surface area contributed by atoms with Crippen molar-refractivity contribution in [2.75, 3.05) is 39.8 Å². The van der Waals surface area contributed by atoms with Gasteiger partial charge in [-0.25, -0.2) is 0 Å². The van der Waals surface area contributed by atoms with E-state index in [0.717, 1.165) is 5.75 Å². The molecule has 0 aliphatic carbocycles. The third kappa shape index (κ3) is 5.41. The standard InChI is InChI=1S/C15H22O6/c1-3-16-6-7-17-8-9-18-12(2)21-13-4-5-14-15(10-13)20-11-19-14/h4-5,10,12H,3,6-9,11H2,1-2H3. The van der Waals surface area contributed by atoms with Gasteiger partial charge in [-0.3, -0.25) is 0 Å². The molecule has 0 fully saturated rings. The maximum Gasteiger partial charge on any atom is 0.231 e. The van der Waals surface area contributed by atoms with Gasteiger partial charge in [0.15, 0.2) is 17.8 Å². The summed E-state index contributed by atoms with van der Waals surface area (Å²) in [5, 5.41) is 0. The maximum atomic E-state index is 5.65. The van der Waals surface area contributed by atoms with Crippen LogP contribution in [-0.4, -0.2) is 46.1 Å². The molecule has 1 unspecified atom stereocenters. The highest BCUT2D eigenvalue weighted by molar-refractivity contribution is 5.46. The number of hydrogen-bond donors (Lipinski definition) is 0. The van der Waals surface area contributed by atoms with Crippen LogP contribution in [0.15, 0.2) is 18.2 Å². The van der Waals surface area contributed by atoms with Crippen molar-refractivity contribution >= 4 is 0 Å². The Labute approximate surface area is 124 Å². The fraction of sp³-hybridized carbons (Fsp3) is 0.600. The van der Waals surface area contributed by atoms with Crippen LogP contribution in [0.2, 0.25) is 0 Å². The summed E-state index contributed by atoms with van der Waals surface area (Å²) in [5.74, 6) is 2.11. The van der Waals surface area contributed by atoms with Gasteiger partial charge in [0.2, 0.25) is 6.79 Å². The molecule has 2 rings (SSSR count). The second kappa shape index (κ2) is 8.71. The quantitative estimate of drug-likeness (QED) is 0.487. The molecule has 0 saturated heterocycles. The van der Waals surface area contributed by atoms with E-state index in [-0.39, 0.29) is 13.1 Å². The van der Waals surface area contributed by atoms with Gasteiger partial charge in [-0.15, -0.1) is 0 Å². The smallest absolute Gasteiger partial charge is 0.231 e. The third-order valence-corrected chi connectivity index (χ3v) is 2.80. The Balaban J connectivity index is 1.60. The fourth-order valence-corrected chi connectivity index (χ4v) is 1.81. The van der Waals surface area contributed by atoms with Crippen molar-refractivity contribution in [3.8, 4) is 17.2 Å². The van der Waals surface area contributed by atoms with E-state index >= 15 is 0 Å². The average molecular weight is 298 g/mol. The molecule has 1 atom stereocenters. The van der Waals surface area contributed by atoms with E-state index in [9.17, 15) is 0 Å². The summed E-state index contributed by atoms with van der Waals surface area (Å²) in [6.07, 6.45) is -0.360. The zero-order valence-corrected chi connectivity index (χ0v) is 12.5. The maximum absolute atomic E-state index is 5.65. The highest BCUT2D eigenvalue weighted by atomic mass is 16.7. The lowest BCUT2D eigenvalue weighted by molar-refractivity contribution is -0.0859. The first-order valence-corrected chi connectivity index (χ1v) is 7.13. The summed E-state index contributed by atoms with van der Waals surface area (Å²) in [6.45, 7) is 6.93. The van der Waals surface area contributed by atoms with Crippen LogP contribution in [0.25, 0.3) is 0 Å². The van der Waals surface area contributed by atoms with Gasteiger partial charge < -0.3 is 28.4 Å². The molecule has 21 heavy (non-hydrogen) atoms. The van der Waals surface area contributed by atoms with E-state index in [2.05, 4.69) is 0 Å². The number of fused-ring (bicyclic) bond motifs is 1. The van der Waals surface area contributed by atoms with Crippen molar-refractivity contribution in [3.63, 3.8) is 0 Å². The minimum absolute atomic E-state index is 0.254. The van der Waals surface area contributed by atoms with E-state index in [1.165, 1.54) is 0 Å². The lowest BCUT2D eigenvalue weighted by Crippen LogP contribution is -2.19. The molecule has 1 aliphatic rings. The molecule has 0 aromatic heterocycles. The Morgan fingerprint density at radius 3 is 2.67 bits per heavy atom. The van der Waals surface area contributed by atoms with Crippen LogP contribution in [0.3, 0.4) is 0 Å². The third-order valence-electron chi connectivity index (χ3n) is 2.80. The number of rotatable bonds is 10. The Kier molecular flexibility index (Phi) is 6.59. The van der Waals surface area contributed by atoms with Gasteiger partial charge >= 0.3 is 0 Å². The minimum Gasteiger partial charge on any atom is -0.465 e. The van der Waals surface area contributed by atoms with E-state index < -0.39 is 0 Å². The van der Waals surface area contributed by atoms with E-state index in [4.69, 9.17) is 28.4 Å². The van der Waals surface area contributed by atoms with Crippen LogP contribution in [0.5, 0.6) is 17.2 Å². The Morgan fingerprint density at radius 2 is 1.81 bits per heavy atom. The topological polar surface area (TPSA) is 55.4 Å². The minimum atomic E-state index is -0.360. The SMILES string of the molecule is CCOCCOCCOC(C)Oc1ccc2c(c1)OCO2. The molecular weight excluding hydrogens is 276 g/mol. The van der Waals surface area contributed by atoms with Crippen LogP contribution in [0.4, 0.5) is 0 Å². The largest absolute Gasteiger partial charge is 0.465 e. The van der Waals surface area contributed by atoms with Gasteiger partial charge in [0, 0.05) is 12.7 Å². The van der Waals surface area contributed by atoms with Crippen molar-refractivity contribution in [1.29, 1.82) is 0 Å². The van der Waals surface area contributed by atoms with E-state index in [0.29, 0.717) is 44.5 Å². The summed E-state index contributed by atoms with van der Waals surface area (Å²) in [4.78, 5) is 0. The molecule has 0 radical (unpaired) electrons. The summed E-state index contributed by atoms with van der Waals surface area (Å²) >= 11 is 0. The van der Waals surface area contributed by atoms with Crippen LogP contribution in [0, 0.1) is 0 Å². The first-order chi connectivity index (χ1) is 10.3. The predicted octanol–water partition coefficient (Wildman–Crippen LogP) is 2.21. The molecule has 6 nitrogen and oxygen atoms in total.